The molecule has 0 radical (unpaired) electrons. The van der Waals surface area contributed by atoms with E-state index in [2.05, 4.69) is 50.8 Å². The number of rotatable bonds is 3. The lowest BCUT2D eigenvalue weighted by atomic mass is 9.86. The number of nitrogens with zero attached hydrogens (tertiary/aromatic N) is 3. The minimum Gasteiger partial charge on any atom is -0.378 e. The molecule has 1 aliphatic rings. The molecule has 0 fully saturated rings. The number of aromatic nitrogens is 3. The second-order valence-electron chi connectivity index (χ2n) is 6.81. The molecule has 0 saturated heterocycles. The van der Waals surface area contributed by atoms with Crippen molar-refractivity contribution in [2.45, 2.75) is 25.3 Å². The number of aromatic amines is 1. The molecule has 1 aliphatic carbocycles. The van der Waals surface area contributed by atoms with Gasteiger partial charge in [0.2, 0.25) is 0 Å². The van der Waals surface area contributed by atoms with Crippen LogP contribution in [-0.2, 0) is 6.42 Å². The first-order valence-corrected chi connectivity index (χ1v) is 9.86. The Labute approximate surface area is 160 Å². The minimum absolute atomic E-state index is 0.262. The molecule has 2 N–H and O–H groups in total. The third-order valence-corrected chi connectivity index (χ3v) is 5.94. The summed E-state index contributed by atoms with van der Waals surface area (Å²) in [6, 6.07) is 14.9. The molecule has 0 aliphatic heterocycles. The van der Waals surface area contributed by atoms with Crippen LogP contribution in [0.2, 0.25) is 0 Å². The molecule has 27 heavy (non-hydrogen) atoms. The number of hydrogen-bond donors (Lipinski definition) is 2. The third kappa shape index (κ3) is 2.86. The summed E-state index contributed by atoms with van der Waals surface area (Å²) in [4.78, 5) is 5.23. The predicted octanol–water partition coefficient (Wildman–Crippen LogP) is 5.05. The lowest BCUT2D eigenvalue weighted by molar-refractivity contribution is 0.600. The maximum Gasteiger partial charge on any atom is 0.112 e. The summed E-state index contributed by atoms with van der Waals surface area (Å²) in [5.74, 6) is 0. The zero-order valence-corrected chi connectivity index (χ0v) is 15.4. The highest BCUT2D eigenvalue weighted by Gasteiger charge is 2.21. The van der Waals surface area contributed by atoms with Crippen molar-refractivity contribution in [1.82, 2.24) is 15.2 Å². The summed E-state index contributed by atoms with van der Waals surface area (Å²) in [6.45, 7) is 0. The average Bonchev–Trinajstić information content (AvgIpc) is 3.37. The van der Waals surface area contributed by atoms with Crippen LogP contribution in [0.25, 0.3) is 21.5 Å². The topological polar surface area (TPSA) is 77.4 Å². The number of thiazole rings is 1. The molecule has 2 aromatic carbocycles. The molecule has 1 unspecified atom stereocenters. The summed E-state index contributed by atoms with van der Waals surface area (Å²) >= 11 is 1.59. The molecule has 1 atom stereocenters. The molecular formula is C21H17N5S. The van der Waals surface area contributed by atoms with Gasteiger partial charge in [0.25, 0.3) is 0 Å². The molecule has 6 heteroatoms. The molecule has 5 nitrogen and oxygen atoms in total. The van der Waals surface area contributed by atoms with Gasteiger partial charge in [-0.3, -0.25) is 10.1 Å². The van der Waals surface area contributed by atoms with E-state index in [1.54, 1.807) is 11.3 Å². The fourth-order valence-corrected chi connectivity index (χ4v) is 4.48. The van der Waals surface area contributed by atoms with Crippen molar-refractivity contribution in [3.8, 4) is 16.6 Å². The van der Waals surface area contributed by atoms with E-state index < -0.39 is 0 Å². The Kier molecular flexibility index (Phi) is 3.88. The average molecular weight is 371 g/mol. The quantitative estimate of drug-likeness (QED) is 0.528. The summed E-state index contributed by atoms with van der Waals surface area (Å²) in [7, 11) is 0. The second kappa shape index (κ2) is 6.53. The standard InChI is InChI=1S/C21H17N5S/c22-10-13-4-6-16-14(8-13)2-1-3-18(16)24-15-5-7-19-17(9-15)21(26-25-19)20-11-23-12-27-20/h4-9,11-12,18,24H,1-3H2,(H,25,26). The van der Waals surface area contributed by atoms with Crippen LogP contribution in [0.3, 0.4) is 0 Å². The first-order valence-electron chi connectivity index (χ1n) is 8.98. The van der Waals surface area contributed by atoms with Gasteiger partial charge in [-0.15, -0.1) is 11.3 Å². The summed E-state index contributed by atoms with van der Waals surface area (Å²) in [5, 5.41) is 21.5. The molecule has 2 heterocycles. The van der Waals surface area contributed by atoms with Gasteiger partial charge in [0.15, 0.2) is 0 Å². The van der Waals surface area contributed by atoms with Crippen molar-refractivity contribution in [1.29, 1.82) is 5.26 Å². The van der Waals surface area contributed by atoms with E-state index in [4.69, 9.17) is 5.26 Å². The highest BCUT2D eigenvalue weighted by atomic mass is 32.1. The molecule has 0 saturated carbocycles. The normalized spacial score (nSPS) is 16.0. The number of fused-ring (bicyclic) bond motifs is 2. The minimum atomic E-state index is 0.262. The van der Waals surface area contributed by atoms with Gasteiger partial charge in [0.1, 0.15) is 5.69 Å². The van der Waals surface area contributed by atoms with E-state index in [1.807, 2.05) is 23.8 Å². The van der Waals surface area contributed by atoms with Gasteiger partial charge in [-0.25, -0.2) is 0 Å². The van der Waals surface area contributed by atoms with Gasteiger partial charge >= 0.3 is 0 Å². The van der Waals surface area contributed by atoms with Crippen molar-refractivity contribution in [2.75, 3.05) is 5.32 Å². The number of nitriles is 1. The van der Waals surface area contributed by atoms with Crippen molar-refractivity contribution in [3.05, 3.63) is 64.8 Å². The van der Waals surface area contributed by atoms with Crippen molar-refractivity contribution >= 4 is 27.9 Å². The van der Waals surface area contributed by atoms with Gasteiger partial charge in [0.05, 0.1) is 33.6 Å². The summed E-state index contributed by atoms with van der Waals surface area (Å²) < 4.78 is 0. The van der Waals surface area contributed by atoms with Gasteiger partial charge in [-0.2, -0.15) is 10.4 Å². The van der Waals surface area contributed by atoms with Gasteiger partial charge in [0, 0.05) is 17.3 Å². The van der Waals surface area contributed by atoms with E-state index in [0.29, 0.717) is 0 Å². The van der Waals surface area contributed by atoms with E-state index in [1.165, 1.54) is 11.1 Å². The Morgan fingerprint density at radius 1 is 1.22 bits per heavy atom. The smallest absolute Gasteiger partial charge is 0.112 e. The van der Waals surface area contributed by atoms with Crippen LogP contribution in [0, 0.1) is 11.3 Å². The lowest BCUT2D eigenvalue weighted by Crippen LogP contribution is -2.17. The van der Waals surface area contributed by atoms with Gasteiger partial charge in [-0.05, 0) is 60.7 Å². The second-order valence-corrected chi connectivity index (χ2v) is 7.70. The van der Waals surface area contributed by atoms with Crippen LogP contribution in [0.15, 0.2) is 48.1 Å². The zero-order chi connectivity index (χ0) is 18.2. The van der Waals surface area contributed by atoms with E-state index >= 15 is 0 Å². The van der Waals surface area contributed by atoms with E-state index in [-0.39, 0.29) is 6.04 Å². The van der Waals surface area contributed by atoms with Gasteiger partial charge in [-0.1, -0.05) is 6.07 Å². The Morgan fingerprint density at radius 3 is 3.04 bits per heavy atom. The molecule has 2 aromatic heterocycles. The third-order valence-electron chi connectivity index (χ3n) is 5.16. The monoisotopic (exact) mass is 371 g/mol. The zero-order valence-electron chi connectivity index (χ0n) is 14.6. The van der Waals surface area contributed by atoms with Crippen LogP contribution in [0.1, 0.15) is 35.6 Å². The van der Waals surface area contributed by atoms with E-state index in [0.717, 1.165) is 52.0 Å². The van der Waals surface area contributed by atoms with Crippen LogP contribution in [-0.4, -0.2) is 15.2 Å². The van der Waals surface area contributed by atoms with Crippen molar-refractivity contribution < 1.29 is 0 Å². The Balaban J connectivity index is 1.49. The number of anilines is 1. The molecule has 132 valence electrons. The van der Waals surface area contributed by atoms with Crippen molar-refractivity contribution in [3.63, 3.8) is 0 Å². The van der Waals surface area contributed by atoms with Crippen molar-refractivity contribution in [2.24, 2.45) is 0 Å². The van der Waals surface area contributed by atoms with Crippen LogP contribution in [0.4, 0.5) is 5.69 Å². The molecule has 0 amide bonds. The van der Waals surface area contributed by atoms with Gasteiger partial charge < -0.3 is 5.32 Å². The maximum atomic E-state index is 9.15. The number of nitrogens with one attached hydrogen (secondary N) is 2. The Bertz CT molecular complexity index is 1150. The fraction of sp³-hybridized carbons (Fsp3) is 0.190. The molecule has 0 bridgehead atoms. The van der Waals surface area contributed by atoms with Crippen LogP contribution < -0.4 is 5.32 Å². The highest BCUT2D eigenvalue weighted by Crippen LogP contribution is 2.35. The molecule has 4 aromatic rings. The fourth-order valence-electron chi connectivity index (χ4n) is 3.86. The van der Waals surface area contributed by atoms with E-state index in [9.17, 15) is 0 Å². The van der Waals surface area contributed by atoms with Crippen LogP contribution >= 0.6 is 11.3 Å². The predicted molar refractivity (Wildman–Crippen MR) is 108 cm³/mol. The SMILES string of the molecule is N#Cc1ccc2c(c1)CCCC2Nc1ccc2[nH]nc(-c3cncs3)c2c1. The first kappa shape index (κ1) is 16.0. The molecule has 0 spiro atoms. The molecular weight excluding hydrogens is 354 g/mol. The molecule has 5 rings (SSSR count). The largest absolute Gasteiger partial charge is 0.378 e. The number of benzene rings is 2. The number of aryl methyl sites for hydroxylation is 1. The lowest BCUT2D eigenvalue weighted by Gasteiger charge is -2.27. The maximum absolute atomic E-state index is 9.15. The highest BCUT2D eigenvalue weighted by molar-refractivity contribution is 7.13. The number of hydrogen-bond acceptors (Lipinski definition) is 5. The first-order chi connectivity index (χ1) is 13.3. The summed E-state index contributed by atoms with van der Waals surface area (Å²) in [6.07, 6.45) is 5.10. The summed E-state index contributed by atoms with van der Waals surface area (Å²) in [5.41, 5.74) is 8.19. The van der Waals surface area contributed by atoms with Crippen LogP contribution in [0.5, 0.6) is 0 Å². The number of H-pyrrole nitrogens is 1. The Morgan fingerprint density at radius 2 is 2.19 bits per heavy atom. The Hall–Kier alpha value is -3.17.